The van der Waals surface area contributed by atoms with Gasteiger partial charge in [0.25, 0.3) is 11.8 Å². The van der Waals surface area contributed by atoms with Crippen molar-refractivity contribution in [2.75, 3.05) is 13.6 Å². The van der Waals surface area contributed by atoms with Gasteiger partial charge >= 0.3 is 6.03 Å². The molecule has 0 unspecified atom stereocenters. The van der Waals surface area contributed by atoms with Gasteiger partial charge in [0.15, 0.2) is 0 Å². The Morgan fingerprint density at radius 1 is 0.966 bits per heavy atom. The number of nitrogens with zero attached hydrogens (tertiary/aromatic N) is 2. The van der Waals surface area contributed by atoms with E-state index in [1.807, 2.05) is 50.2 Å². The summed E-state index contributed by atoms with van der Waals surface area (Å²) in [5.74, 6) is -0.628. The normalized spacial score (nSPS) is 16.0. The first-order valence-corrected chi connectivity index (χ1v) is 9.55. The molecule has 1 aliphatic rings. The number of amides is 4. The third-order valence-electron chi connectivity index (χ3n) is 4.71. The van der Waals surface area contributed by atoms with Gasteiger partial charge in [-0.1, -0.05) is 55.0 Å². The molecule has 1 heterocycles. The number of hydrogen-bond donors (Lipinski definition) is 0. The number of urea groups is 1. The number of carbonyl (C=O) groups is 3. The van der Waals surface area contributed by atoms with Crippen LogP contribution in [0.5, 0.6) is 5.75 Å². The topological polar surface area (TPSA) is 66.9 Å². The average Bonchev–Trinajstić information content (AvgIpc) is 2.73. The molecule has 0 bridgehead atoms. The molecule has 1 fully saturated rings. The van der Waals surface area contributed by atoms with E-state index in [0.29, 0.717) is 24.3 Å². The van der Waals surface area contributed by atoms with Crippen LogP contribution in [0, 0.1) is 6.92 Å². The number of ether oxygens (including phenoxy) is 1. The highest BCUT2D eigenvalue weighted by molar-refractivity contribution is 6.30. The van der Waals surface area contributed by atoms with Crippen LogP contribution in [0.4, 0.5) is 4.79 Å². The first kappa shape index (κ1) is 20.3. The molecule has 0 radical (unpaired) electrons. The van der Waals surface area contributed by atoms with E-state index in [9.17, 15) is 14.4 Å². The SMILES string of the molecule is CCCN1C(=O)C(=Cc2ccccc2OCc2ccc(C)cc2)C(=O)N(C)C1=O. The fraction of sp³-hybridized carbons (Fsp3) is 0.261. The second-order valence-corrected chi connectivity index (χ2v) is 6.97. The van der Waals surface area contributed by atoms with Gasteiger partial charge in [0, 0.05) is 19.2 Å². The molecule has 2 aromatic carbocycles. The second-order valence-electron chi connectivity index (χ2n) is 6.97. The summed E-state index contributed by atoms with van der Waals surface area (Å²) in [6, 6.07) is 14.6. The summed E-state index contributed by atoms with van der Waals surface area (Å²) < 4.78 is 5.94. The van der Waals surface area contributed by atoms with E-state index in [0.717, 1.165) is 15.4 Å². The number of likely N-dealkylation sites (N-methyl/N-ethyl adjacent to an activating group) is 1. The van der Waals surface area contributed by atoms with Gasteiger partial charge in [0.1, 0.15) is 17.9 Å². The Kier molecular flexibility index (Phi) is 6.12. The van der Waals surface area contributed by atoms with Gasteiger partial charge in [-0.2, -0.15) is 0 Å². The molecule has 2 aromatic rings. The van der Waals surface area contributed by atoms with E-state index in [4.69, 9.17) is 4.74 Å². The zero-order valence-corrected chi connectivity index (χ0v) is 16.8. The molecule has 150 valence electrons. The van der Waals surface area contributed by atoms with Crippen LogP contribution >= 0.6 is 0 Å². The summed E-state index contributed by atoms with van der Waals surface area (Å²) in [5, 5.41) is 0. The Hall–Kier alpha value is -3.41. The van der Waals surface area contributed by atoms with E-state index >= 15 is 0 Å². The summed E-state index contributed by atoms with van der Waals surface area (Å²) >= 11 is 0. The van der Waals surface area contributed by atoms with Gasteiger partial charge in [0.2, 0.25) is 0 Å². The third kappa shape index (κ3) is 4.37. The third-order valence-corrected chi connectivity index (χ3v) is 4.71. The number of para-hydroxylation sites is 1. The highest BCUT2D eigenvalue weighted by Gasteiger charge is 2.39. The number of imide groups is 2. The maximum absolute atomic E-state index is 12.8. The fourth-order valence-corrected chi connectivity index (χ4v) is 3.05. The number of hydrogen-bond acceptors (Lipinski definition) is 4. The van der Waals surface area contributed by atoms with Crippen molar-refractivity contribution in [2.45, 2.75) is 26.9 Å². The van der Waals surface area contributed by atoms with Crippen LogP contribution < -0.4 is 4.74 Å². The number of carbonyl (C=O) groups excluding carboxylic acids is 3. The minimum absolute atomic E-state index is 0.0491. The average molecular weight is 392 g/mol. The zero-order valence-electron chi connectivity index (χ0n) is 16.8. The molecule has 0 aromatic heterocycles. The monoisotopic (exact) mass is 392 g/mol. The fourth-order valence-electron chi connectivity index (χ4n) is 3.05. The maximum Gasteiger partial charge on any atom is 0.333 e. The molecule has 0 atom stereocenters. The summed E-state index contributed by atoms with van der Waals surface area (Å²) in [7, 11) is 1.38. The van der Waals surface area contributed by atoms with Crippen LogP contribution in [0.25, 0.3) is 6.08 Å². The van der Waals surface area contributed by atoms with Crippen molar-refractivity contribution in [1.29, 1.82) is 0 Å². The van der Waals surface area contributed by atoms with Crippen molar-refractivity contribution in [3.8, 4) is 5.75 Å². The van der Waals surface area contributed by atoms with Crippen LogP contribution in [0.15, 0.2) is 54.1 Å². The zero-order chi connectivity index (χ0) is 21.0. The second kappa shape index (κ2) is 8.73. The van der Waals surface area contributed by atoms with Crippen molar-refractivity contribution in [3.05, 3.63) is 70.8 Å². The number of rotatable bonds is 6. The lowest BCUT2D eigenvalue weighted by Gasteiger charge is -2.31. The number of aryl methyl sites for hydroxylation is 1. The van der Waals surface area contributed by atoms with Gasteiger partial charge in [-0.05, 0) is 31.1 Å². The van der Waals surface area contributed by atoms with Gasteiger partial charge in [0.05, 0.1) is 0 Å². The molecule has 6 heteroatoms. The van der Waals surface area contributed by atoms with Crippen molar-refractivity contribution in [2.24, 2.45) is 0 Å². The highest BCUT2D eigenvalue weighted by Crippen LogP contribution is 2.25. The van der Waals surface area contributed by atoms with Crippen LogP contribution in [0.2, 0.25) is 0 Å². The smallest absolute Gasteiger partial charge is 0.333 e. The summed E-state index contributed by atoms with van der Waals surface area (Å²) in [6.07, 6.45) is 2.11. The van der Waals surface area contributed by atoms with E-state index < -0.39 is 17.8 Å². The van der Waals surface area contributed by atoms with Gasteiger partial charge in [-0.3, -0.25) is 19.4 Å². The Labute approximate surface area is 170 Å². The molecule has 3 rings (SSSR count). The van der Waals surface area contributed by atoms with E-state index in [2.05, 4.69) is 0 Å². The quantitative estimate of drug-likeness (QED) is 0.554. The largest absolute Gasteiger partial charge is 0.488 e. The lowest BCUT2D eigenvalue weighted by Crippen LogP contribution is -2.54. The lowest BCUT2D eigenvalue weighted by atomic mass is 10.1. The van der Waals surface area contributed by atoms with Crippen LogP contribution in [0.3, 0.4) is 0 Å². The lowest BCUT2D eigenvalue weighted by molar-refractivity contribution is -0.135. The molecule has 29 heavy (non-hydrogen) atoms. The Morgan fingerprint density at radius 2 is 1.66 bits per heavy atom. The number of benzene rings is 2. The molecule has 6 nitrogen and oxygen atoms in total. The molecule has 1 aliphatic heterocycles. The molecule has 4 amide bonds. The van der Waals surface area contributed by atoms with E-state index in [1.165, 1.54) is 18.7 Å². The predicted octanol–water partition coefficient (Wildman–Crippen LogP) is 3.79. The summed E-state index contributed by atoms with van der Waals surface area (Å²) in [4.78, 5) is 39.6. The van der Waals surface area contributed by atoms with Gasteiger partial charge in [-0.15, -0.1) is 0 Å². The Morgan fingerprint density at radius 3 is 2.34 bits per heavy atom. The molecule has 0 N–H and O–H groups in total. The van der Waals surface area contributed by atoms with Crippen molar-refractivity contribution in [1.82, 2.24) is 9.80 Å². The van der Waals surface area contributed by atoms with Gasteiger partial charge < -0.3 is 4.74 Å². The first-order chi connectivity index (χ1) is 13.9. The van der Waals surface area contributed by atoms with Crippen LogP contribution in [-0.4, -0.2) is 41.2 Å². The van der Waals surface area contributed by atoms with Gasteiger partial charge in [-0.25, -0.2) is 4.79 Å². The predicted molar refractivity (Wildman–Crippen MR) is 110 cm³/mol. The maximum atomic E-state index is 12.8. The first-order valence-electron chi connectivity index (χ1n) is 9.55. The molecule has 0 aliphatic carbocycles. The standard InChI is InChI=1S/C23H24N2O4/c1-4-13-25-22(27)19(21(26)24(3)23(25)28)14-18-7-5-6-8-20(18)29-15-17-11-9-16(2)10-12-17/h5-12,14H,4,13,15H2,1-3H3. The molecule has 0 saturated carbocycles. The molecule has 1 saturated heterocycles. The van der Waals surface area contributed by atoms with Crippen molar-refractivity contribution < 1.29 is 19.1 Å². The Bertz CT molecular complexity index is 963. The van der Waals surface area contributed by atoms with E-state index in [-0.39, 0.29) is 12.1 Å². The molecular formula is C23H24N2O4. The minimum atomic E-state index is -0.610. The summed E-state index contributed by atoms with van der Waals surface area (Å²) in [6.45, 7) is 4.52. The molecule has 0 spiro atoms. The highest BCUT2D eigenvalue weighted by atomic mass is 16.5. The molecular weight excluding hydrogens is 368 g/mol. The summed E-state index contributed by atoms with van der Waals surface area (Å²) in [5.41, 5.74) is 2.74. The number of barbiturate groups is 1. The Balaban J connectivity index is 1.88. The minimum Gasteiger partial charge on any atom is -0.488 e. The van der Waals surface area contributed by atoms with Crippen LogP contribution in [0.1, 0.15) is 30.0 Å². The van der Waals surface area contributed by atoms with E-state index in [1.54, 1.807) is 12.1 Å². The van der Waals surface area contributed by atoms with Crippen molar-refractivity contribution >= 4 is 23.9 Å². The van der Waals surface area contributed by atoms with Crippen molar-refractivity contribution in [3.63, 3.8) is 0 Å². The van der Waals surface area contributed by atoms with Crippen LogP contribution in [-0.2, 0) is 16.2 Å².